The van der Waals surface area contributed by atoms with Gasteiger partial charge in [0.15, 0.2) is 5.75 Å². The summed E-state index contributed by atoms with van der Waals surface area (Å²) >= 11 is 0. The molecule has 3 aromatic carbocycles. The lowest BCUT2D eigenvalue weighted by molar-refractivity contribution is 0.102. The van der Waals surface area contributed by atoms with Crippen LogP contribution >= 0.6 is 0 Å². The van der Waals surface area contributed by atoms with E-state index in [1.807, 2.05) is 78.9 Å². The summed E-state index contributed by atoms with van der Waals surface area (Å²) in [5.74, 6) is 1.10. The molecule has 4 nitrogen and oxygen atoms in total. The van der Waals surface area contributed by atoms with Gasteiger partial charge < -0.3 is 10.1 Å². The molecule has 4 aromatic rings. The van der Waals surface area contributed by atoms with E-state index in [1.165, 1.54) is 0 Å². The number of anilines is 1. The van der Waals surface area contributed by atoms with Gasteiger partial charge in [-0.15, -0.1) is 0 Å². The summed E-state index contributed by atoms with van der Waals surface area (Å²) in [5.41, 5.74) is 1.97. The van der Waals surface area contributed by atoms with E-state index in [4.69, 9.17) is 4.74 Å². The topological polar surface area (TPSA) is 51.2 Å². The van der Waals surface area contributed by atoms with Gasteiger partial charge >= 0.3 is 0 Å². The zero-order chi connectivity index (χ0) is 17.8. The quantitative estimate of drug-likeness (QED) is 0.550. The predicted molar refractivity (Wildman–Crippen MR) is 103 cm³/mol. The first-order valence-electron chi connectivity index (χ1n) is 8.28. The number of fused-ring (bicyclic) bond motifs is 1. The molecule has 4 heteroatoms. The van der Waals surface area contributed by atoms with Gasteiger partial charge in [-0.2, -0.15) is 0 Å². The summed E-state index contributed by atoms with van der Waals surface area (Å²) in [6, 6.07) is 26.1. The van der Waals surface area contributed by atoms with Crippen molar-refractivity contribution in [1.29, 1.82) is 0 Å². The third-order valence-corrected chi connectivity index (χ3v) is 4.00. The lowest BCUT2D eigenvalue weighted by Gasteiger charge is -2.13. The Morgan fingerprint density at radius 1 is 0.808 bits per heavy atom. The number of rotatable bonds is 4. The molecule has 0 aliphatic heterocycles. The van der Waals surface area contributed by atoms with Crippen molar-refractivity contribution in [1.82, 2.24) is 4.98 Å². The summed E-state index contributed by atoms with van der Waals surface area (Å²) in [6.45, 7) is 0. The van der Waals surface area contributed by atoms with Crippen LogP contribution in [0, 0.1) is 0 Å². The van der Waals surface area contributed by atoms with Crippen molar-refractivity contribution >= 4 is 22.5 Å². The number of benzene rings is 3. The third kappa shape index (κ3) is 3.26. The van der Waals surface area contributed by atoms with Gasteiger partial charge in [0.05, 0.1) is 16.8 Å². The molecule has 0 radical (unpaired) electrons. The van der Waals surface area contributed by atoms with Crippen molar-refractivity contribution in [2.45, 2.75) is 0 Å². The van der Waals surface area contributed by atoms with E-state index in [-0.39, 0.29) is 5.91 Å². The van der Waals surface area contributed by atoms with Gasteiger partial charge in [0, 0.05) is 11.6 Å². The molecule has 0 bridgehead atoms. The van der Waals surface area contributed by atoms with Crippen LogP contribution in [0.3, 0.4) is 0 Å². The zero-order valence-electron chi connectivity index (χ0n) is 13.9. The SMILES string of the molecule is O=C(Nc1ccccc1Oc1ccccc1)c1ccnc2ccccc12. The molecule has 0 spiro atoms. The number of carbonyl (C=O) groups excluding carboxylic acids is 1. The molecule has 126 valence electrons. The fraction of sp³-hybridized carbons (Fsp3) is 0. The van der Waals surface area contributed by atoms with Crippen LogP contribution in [0.2, 0.25) is 0 Å². The molecule has 1 amide bonds. The largest absolute Gasteiger partial charge is 0.455 e. The fourth-order valence-corrected chi connectivity index (χ4v) is 2.76. The fourth-order valence-electron chi connectivity index (χ4n) is 2.76. The Hall–Kier alpha value is -3.66. The average molecular weight is 340 g/mol. The number of carbonyl (C=O) groups is 1. The Labute approximate surface area is 151 Å². The van der Waals surface area contributed by atoms with Gasteiger partial charge in [-0.3, -0.25) is 9.78 Å². The van der Waals surface area contributed by atoms with Crippen LogP contribution in [0.5, 0.6) is 11.5 Å². The lowest BCUT2D eigenvalue weighted by atomic mass is 10.1. The minimum absolute atomic E-state index is 0.201. The monoisotopic (exact) mass is 340 g/mol. The highest BCUT2D eigenvalue weighted by Crippen LogP contribution is 2.30. The second kappa shape index (κ2) is 7.07. The Bertz CT molecular complexity index is 1060. The molecule has 0 saturated carbocycles. The Kier molecular flexibility index (Phi) is 4.31. The number of ether oxygens (including phenoxy) is 1. The van der Waals surface area contributed by atoms with Crippen LogP contribution in [-0.4, -0.2) is 10.9 Å². The number of aromatic nitrogens is 1. The average Bonchev–Trinajstić information content (AvgIpc) is 2.70. The highest BCUT2D eigenvalue weighted by molar-refractivity contribution is 6.12. The Morgan fingerprint density at radius 3 is 2.42 bits per heavy atom. The number of amides is 1. The number of pyridine rings is 1. The van der Waals surface area contributed by atoms with Crippen molar-refractivity contribution < 1.29 is 9.53 Å². The molecule has 0 aliphatic carbocycles. The first-order chi connectivity index (χ1) is 12.8. The second-order valence-electron chi connectivity index (χ2n) is 5.74. The first kappa shape index (κ1) is 15.8. The van der Waals surface area contributed by atoms with Crippen molar-refractivity contribution in [2.75, 3.05) is 5.32 Å². The highest BCUT2D eigenvalue weighted by atomic mass is 16.5. The van der Waals surface area contributed by atoms with Crippen molar-refractivity contribution in [3.05, 3.63) is 96.7 Å². The molecular formula is C22H16N2O2. The van der Waals surface area contributed by atoms with Crippen LogP contribution in [0.25, 0.3) is 10.9 Å². The molecule has 0 atom stereocenters. The molecule has 0 aliphatic rings. The van der Waals surface area contributed by atoms with E-state index in [0.29, 0.717) is 22.7 Å². The van der Waals surface area contributed by atoms with Crippen LogP contribution in [0.1, 0.15) is 10.4 Å². The van der Waals surface area contributed by atoms with Gasteiger partial charge in [-0.1, -0.05) is 48.5 Å². The van der Waals surface area contributed by atoms with Gasteiger partial charge in [0.25, 0.3) is 5.91 Å². The molecule has 1 heterocycles. The van der Waals surface area contributed by atoms with E-state index in [9.17, 15) is 4.79 Å². The van der Waals surface area contributed by atoms with Crippen LogP contribution < -0.4 is 10.1 Å². The Morgan fingerprint density at radius 2 is 1.54 bits per heavy atom. The number of para-hydroxylation sites is 4. The molecular weight excluding hydrogens is 324 g/mol. The smallest absolute Gasteiger partial charge is 0.256 e. The summed E-state index contributed by atoms with van der Waals surface area (Å²) in [7, 11) is 0. The second-order valence-corrected chi connectivity index (χ2v) is 5.74. The maximum absolute atomic E-state index is 12.8. The summed E-state index contributed by atoms with van der Waals surface area (Å²) < 4.78 is 5.91. The van der Waals surface area contributed by atoms with Gasteiger partial charge in [-0.25, -0.2) is 0 Å². The van der Waals surface area contributed by atoms with Crippen LogP contribution in [0.4, 0.5) is 5.69 Å². The zero-order valence-corrected chi connectivity index (χ0v) is 13.9. The number of hydrogen-bond acceptors (Lipinski definition) is 3. The van der Waals surface area contributed by atoms with Crippen LogP contribution in [-0.2, 0) is 0 Å². The van der Waals surface area contributed by atoms with E-state index in [1.54, 1.807) is 12.3 Å². The molecule has 0 fully saturated rings. The summed E-state index contributed by atoms with van der Waals surface area (Å²) in [4.78, 5) is 17.1. The standard InChI is InChI=1S/C22H16N2O2/c25-22(18-14-15-23-19-11-5-4-10-17(18)19)24-20-12-6-7-13-21(20)26-16-8-2-1-3-9-16/h1-15H,(H,24,25). The number of nitrogens with zero attached hydrogens (tertiary/aromatic N) is 1. The summed E-state index contributed by atoms with van der Waals surface area (Å²) in [6.07, 6.45) is 1.64. The minimum Gasteiger partial charge on any atom is -0.455 e. The number of nitrogens with one attached hydrogen (secondary N) is 1. The van der Waals surface area contributed by atoms with Crippen molar-refractivity contribution in [3.8, 4) is 11.5 Å². The van der Waals surface area contributed by atoms with Gasteiger partial charge in [0.1, 0.15) is 5.75 Å². The predicted octanol–water partition coefficient (Wildman–Crippen LogP) is 5.28. The maximum Gasteiger partial charge on any atom is 0.256 e. The van der Waals surface area contributed by atoms with E-state index in [0.717, 1.165) is 10.9 Å². The molecule has 26 heavy (non-hydrogen) atoms. The van der Waals surface area contributed by atoms with E-state index >= 15 is 0 Å². The molecule has 1 aromatic heterocycles. The maximum atomic E-state index is 12.8. The normalized spacial score (nSPS) is 10.5. The van der Waals surface area contributed by atoms with Crippen molar-refractivity contribution in [2.24, 2.45) is 0 Å². The molecule has 0 saturated heterocycles. The third-order valence-electron chi connectivity index (χ3n) is 4.00. The van der Waals surface area contributed by atoms with Crippen molar-refractivity contribution in [3.63, 3.8) is 0 Å². The Balaban J connectivity index is 1.64. The van der Waals surface area contributed by atoms with Crippen LogP contribution in [0.15, 0.2) is 91.1 Å². The van der Waals surface area contributed by atoms with Gasteiger partial charge in [-0.05, 0) is 36.4 Å². The highest BCUT2D eigenvalue weighted by Gasteiger charge is 2.13. The van der Waals surface area contributed by atoms with E-state index in [2.05, 4.69) is 10.3 Å². The molecule has 0 unspecified atom stereocenters. The minimum atomic E-state index is -0.201. The summed E-state index contributed by atoms with van der Waals surface area (Å²) in [5, 5.41) is 3.76. The van der Waals surface area contributed by atoms with E-state index < -0.39 is 0 Å². The number of hydrogen-bond donors (Lipinski definition) is 1. The lowest BCUT2D eigenvalue weighted by Crippen LogP contribution is -2.13. The van der Waals surface area contributed by atoms with Gasteiger partial charge in [0.2, 0.25) is 0 Å². The molecule has 4 rings (SSSR count). The first-order valence-corrected chi connectivity index (χ1v) is 8.28. The molecule has 1 N–H and O–H groups in total.